The van der Waals surface area contributed by atoms with Gasteiger partial charge in [0.15, 0.2) is 5.65 Å². The lowest BCUT2D eigenvalue weighted by Gasteiger charge is -2.34. The Hall–Kier alpha value is -3.39. The number of nitrogen functional groups attached to an aromatic ring is 1. The number of allylic oxidation sites excluding steroid dienone is 2. The first-order valence-electron chi connectivity index (χ1n) is 11.7. The number of alkyl carbamates (subject to hydrolysis) is 1. The summed E-state index contributed by atoms with van der Waals surface area (Å²) in [6.07, 6.45) is 8.87. The Balaban J connectivity index is 1.68. The van der Waals surface area contributed by atoms with E-state index in [-0.39, 0.29) is 6.04 Å². The number of nitrogens with one attached hydrogen (secondary N) is 1. The summed E-state index contributed by atoms with van der Waals surface area (Å²) >= 11 is 6.24. The number of halogens is 1. The molecular formula is C26H31ClN6O2. The van der Waals surface area contributed by atoms with Crippen LogP contribution in [-0.4, -0.2) is 36.8 Å². The summed E-state index contributed by atoms with van der Waals surface area (Å²) in [5.41, 5.74) is 8.20. The van der Waals surface area contributed by atoms with Crippen molar-refractivity contribution < 1.29 is 9.53 Å². The van der Waals surface area contributed by atoms with Gasteiger partial charge in [-0.25, -0.2) is 19.7 Å². The SMILES string of the molecule is CCC(C)(NC(=O)OC(C)(C)C)C1=CCC(n2c(-c3cccnc3N)nc3ccc(Cl)nc32)C=C1. The number of imidazole rings is 1. The van der Waals surface area contributed by atoms with Gasteiger partial charge in [0.25, 0.3) is 0 Å². The molecular weight excluding hydrogens is 464 g/mol. The monoisotopic (exact) mass is 494 g/mol. The first kappa shape index (κ1) is 24.7. The highest BCUT2D eigenvalue weighted by atomic mass is 35.5. The van der Waals surface area contributed by atoms with Gasteiger partial charge in [-0.3, -0.25) is 0 Å². The number of anilines is 1. The number of amides is 1. The van der Waals surface area contributed by atoms with Crippen LogP contribution in [0, 0.1) is 0 Å². The number of fused-ring (bicyclic) bond motifs is 1. The molecule has 2 unspecified atom stereocenters. The summed E-state index contributed by atoms with van der Waals surface area (Å²) in [7, 11) is 0. The van der Waals surface area contributed by atoms with Crippen molar-refractivity contribution in [1.82, 2.24) is 24.8 Å². The minimum atomic E-state index is -0.570. The van der Waals surface area contributed by atoms with Crippen molar-refractivity contribution in [3.8, 4) is 11.4 Å². The molecule has 35 heavy (non-hydrogen) atoms. The van der Waals surface area contributed by atoms with Crippen LogP contribution in [0.2, 0.25) is 5.15 Å². The smallest absolute Gasteiger partial charge is 0.408 e. The van der Waals surface area contributed by atoms with Crippen LogP contribution >= 0.6 is 11.6 Å². The lowest BCUT2D eigenvalue weighted by atomic mass is 9.85. The Bertz CT molecular complexity index is 1320. The molecule has 1 aliphatic rings. The van der Waals surface area contributed by atoms with E-state index >= 15 is 0 Å². The summed E-state index contributed by atoms with van der Waals surface area (Å²) in [6, 6.07) is 7.23. The normalized spacial score (nSPS) is 17.7. The number of hydrogen-bond acceptors (Lipinski definition) is 6. The van der Waals surface area contributed by atoms with Crippen molar-refractivity contribution in [3.05, 3.63) is 59.4 Å². The van der Waals surface area contributed by atoms with Gasteiger partial charge < -0.3 is 20.4 Å². The van der Waals surface area contributed by atoms with Crippen LogP contribution in [0.1, 0.15) is 53.5 Å². The van der Waals surface area contributed by atoms with Gasteiger partial charge >= 0.3 is 6.09 Å². The number of rotatable bonds is 5. The van der Waals surface area contributed by atoms with Crippen molar-refractivity contribution in [1.29, 1.82) is 0 Å². The largest absolute Gasteiger partial charge is 0.444 e. The number of aromatic nitrogens is 4. The second-order valence-electron chi connectivity index (χ2n) is 9.85. The molecule has 3 heterocycles. The van der Waals surface area contributed by atoms with Gasteiger partial charge in [-0.05, 0) is 70.4 Å². The average molecular weight is 495 g/mol. The molecule has 0 bridgehead atoms. The third-order valence-electron chi connectivity index (χ3n) is 6.11. The van der Waals surface area contributed by atoms with Crippen LogP contribution < -0.4 is 11.1 Å². The van der Waals surface area contributed by atoms with Crippen molar-refractivity contribution in [2.75, 3.05) is 5.73 Å². The van der Waals surface area contributed by atoms with Crippen LogP contribution in [0.5, 0.6) is 0 Å². The molecule has 0 radical (unpaired) electrons. The molecule has 0 saturated heterocycles. The number of carbonyl (C=O) groups excluding carboxylic acids is 1. The van der Waals surface area contributed by atoms with Crippen LogP contribution in [-0.2, 0) is 4.74 Å². The number of nitrogens with two attached hydrogens (primary N) is 1. The highest BCUT2D eigenvalue weighted by Gasteiger charge is 2.32. The van der Waals surface area contributed by atoms with E-state index < -0.39 is 17.2 Å². The van der Waals surface area contributed by atoms with E-state index in [1.165, 1.54) is 0 Å². The molecule has 1 amide bonds. The molecule has 3 aromatic heterocycles. The van der Waals surface area contributed by atoms with Gasteiger partial charge in [-0.1, -0.05) is 36.8 Å². The summed E-state index contributed by atoms with van der Waals surface area (Å²) in [5, 5.41) is 3.44. The van der Waals surface area contributed by atoms with Crippen LogP contribution in [0.15, 0.2) is 54.3 Å². The highest BCUT2D eigenvalue weighted by Crippen LogP contribution is 2.36. The minimum Gasteiger partial charge on any atom is -0.444 e. The van der Waals surface area contributed by atoms with Gasteiger partial charge in [0, 0.05) is 6.20 Å². The maximum absolute atomic E-state index is 12.5. The average Bonchev–Trinajstić information content (AvgIpc) is 3.16. The van der Waals surface area contributed by atoms with E-state index in [1.54, 1.807) is 12.3 Å². The Morgan fingerprint density at radius 3 is 2.66 bits per heavy atom. The van der Waals surface area contributed by atoms with Gasteiger partial charge in [0.1, 0.15) is 27.9 Å². The molecule has 2 atom stereocenters. The number of carbonyl (C=O) groups is 1. The Morgan fingerprint density at radius 1 is 1.26 bits per heavy atom. The van der Waals surface area contributed by atoms with E-state index in [2.05, 4.69) is 27.4 Å². The maximum atomic E-state index is 12.5. The Kier molecular flexibility index (Phi) is 6.60. The van der Waals surface area contributed by atoms with E-state index in [4.69, 9.17) is 27.1 Å². The number of pyridine rings is 2. The quantitative estimate of drug-likeness (QED) is 0.431. The zero-order valence-corrected chi connectivity index (χ0v) is 21.4. The topological polar surface area (TPSA) is 108 Å². The molecule has 8 nitrogen and oxygen atoms in total. The predicted molar refractivity (Wildman–Crippen MR) is 139 cm³/mol. The molecule has 0 saturated carbocycles. The second kappa shape index (κ2) is 9.34. The van der Waals surface area contributed by atoms with E-state index in [9.17, 15) is 4.79 Å². The lowest BCUT2D eigenvalue weighted by Crippen LogP contribution is -2.48. The third kappa shape index (κ3) is 5.17. The minimum absolute atomic E-state index is 0.0769. The number of ether oxygens (including phenoxy) is 1. The fourth-order valence-electron chi connectivity index (χ4n) is 4.16. The highest BCUT2D eigenvalue weighted by molar-refractivity contribution is 6.29. The van der Waals surface area contributed by atoms with E-state index in [0.717, 1.165) is 16.7 Å². The van der Waals surface area contributed by atoms with Gasteiger partial charge in [-0.15, -0.1) is 0 Å². The molecule has 9 heteroatoms. The van der Waals surface area contributed by atoms with Gasteiger partial charge in [0.05, 0.1) is 17.1 Å². The molecule has 0 aliphatic heterocycles. The molecule has 184 valence electrons. The lowest BCUT2D eigenvalue weighted by molar-refractivity contribution is 0.0479. The summed E-state index contributed by atoms with van der Waals surface area (Å²) in [5.74, 6) is 1.07. The molecule has 0 aromatic carbocycles. The third-order valence-corrected chi connectivity index (χ3v) is 6.32. The summed E-state index contributed by atoms with van der Waals surface area (Å²) in [4.78, 5) is 26.1. The van der Waals surface area contributed by atoms with Crippen LogP contribution in [0.25, 0.3) is 22.6 Å². The predicted octanol–water partition coefficient (Wildman–Crippen LogP) is 5.85. The maximum Gasteiger partial charge on any atom is 0.408 e. The Morgan fingerprint density at radius 2 is 2.03 bits per heavy atom. The van der Waals surface area contributed by atoms with Crippen molar-refractivity contribution in [2.24, 2.45) is 0 Å². The number of nitrogens with zero attached hydrogens (tertiary/aromatic N) is 4. The standard InChI is InChI=1S/C26H31ClN6O2/c1-6-26(5,32-24(34)35-25(2,3)4)16-9-11-17(12-10-16)33-22(18-8-7-15-29-21(18)28)30-19-13-14-20(27)31-23(19)33/h7-11,13-15,17H,6,12H2,1-5H3,(H2,28,29)(H,32,34). The van der Waals surface area contributed by atoms with E-state index in [0.29, 0.717) is 35.3 Å². The van der Waals surface area contributed by atoms with Crippen molar-refractivity contribution in [2.45, 2.75) is 64.6 Å². The molecule has 3 aromatic rings. The molecule has 3 N–H and O–H groups in total. The molecule has 1 aliphatic carbocycles. The van der Waals surface area contributed by atoms with Gasteiger partial charge in [0.2, 0.25) is 0 Å². The van der Waals surface area contributed by atoms with Crippen LogP contribution in [0.3, 0.4) is 0 Å². The first-order valence-corrected chi connectivity index (χ1v) is 12.0. The number of hydrogen-bond donors (Lipinski definition) is 2. The zero-order valence-electron chi connectivity index (χ0n) is 20.7. The van der Waals surface area contributed by atoms with Crippen LogP contribution in [0.4, 0.5) is 10.6 Å². The summed E-state index contributed by atoms with van der Waals surface area (Å²) in [6.45, 7) is 9.59. The van der Waals surface area contributed by atoms with E-state index in [1.807, 2.05) is 63.5 Å². The zero-order chi connectivity index (χ0) is 25.4. The fraction of sp³-hybridized carbons (Fsp3) is 0.385. The second-order valence-corrected chi connectivity index (χ2v) is 10.2. The fourth-order valence-corrected chi connectivity index (χ4v) is 4.31. The van der Waals surface area contributed by atoms with Crippen molar-refractivity contribution in [3.63, 3.8) is 0 Å². The molecule has 4 rings (SSSR count). The van der Waals surface area contributed by atoms with Crippen molar-refractivity contribution >= 4 is 34.7 Å². The molecule has 0 spiro atoms. The first-order chi connectivity index (χ1) is 16.5. The summed E-state index contributed by atoms with van der Waals surface area (Å²) < 4.78 is 7.53. The molecule has 0 fully saturated rings. The Labute approximate surface area is 210 Å². The van der Waals surface area contributed by atoms with Gasteiger partial charge in [-0.2, -0.15) is 0 Å².